The van der Waals surface area contributed by atoms with Crippen LogP contribution in [0.15, 0.2) is 108 Å². The van der Waals surface area contributed by atoms with Gasteiger partial charge in [-0.1, -0.05) is 54.6 Å². The minimum absolute atomic E-state index is 0.176. The lowest BCUT2D eigenvalue weighted by Crippen LogP contribution is -2.28. The molecule has 0 aliphatic carbocycles. The maximum absolute atomic E-state index is 13.7. The van der Waals surface area contributed by atoms with Crippen LogP contribution in [0.2, 0.25) is 0 Å². The van der Waals surface area contributed by atoms with Gasteiger partial charge in [-0.2, -0.15) is 0 Å². The van der Waals surface area contributed by atoms with E-state index in [0.717, 1.165) is 39.4 Å². The molecule has 0 amide bonds. The third kappa shape index (κ3) is 6.45. The molecule has 4 aromatic carbocycles. The molecule has 0 aliphatic rings. The first kappa shape index (κ1) is 31.5. The Labute approximate surface area is 258 Å². The van der Waals surface area contributed by atoms with E-state index in [1.165, 1.54) is 30.5 Å². The Morgan fingerprint density at radius 1 is 0.818 bits per heavy atom. The smallest absolute Gasteiger partial charge is 0.175 e. The van der Waals surface area contributed by atoms with Gasteiger partial charge in [-0.25, -0.2) is 21.2 Å². The number of rotatable bonds is 9. The zero-order chi connectivity index (χ0) is 31.9. The number of aliphatic hydroxyl groups excluding tert-OH is 1. The van der Waals surface area contributed by atoms with Crippen molar-refractivity contribution < 1.29 is 26.3 Å². The molecule has 5 aromatic rings. The van der Waals surface area contributed by atoms with Crippen LogP contribution >= 0.6 is 0 Å². The van der Waals surface area contributed by atoms with Crippen molar-refractivity contribution >= 4 is 30.6 Å². The van der Waals surface area contributed by atoms with Crippen molar-refractivity contribution in [1.29, 1.82) is 0 Å². The van der Waals surface area contributed by atoms with Crippen LogP contribution in [-0.2, 0) is 30.8 Å². The lowest BCUT2D eigenvalue weighted by molar-refractivity contribution is 0.144. The molecular weight excluding hydrogens is 598 g/mol. The van der Waals surface area contributed by atoms with Crippen LogP contribution in [0, 0.1) is 5.82 Å². The monoisotopic (exact) mass is 631 g/mol. The maximum atomic E-state index is 13.7. The second kappa shape index (κ2) is 11.9. The molecule has 44 heavy (non-hydrogen) atoms. The largest absolute Gasteiger partial charge is 0.388 e. The lowest BCUT2D eigenvalue weighted by atomic mass is 9.83. The van der Waals surface area contributed by atoms with Crippen LogP contribution in [0.5, 0.6) is 0 Å². The molecule has 0 spiro atoms. The molecular formula is C35H34FNO5S2. The summed E-state index contributed by atoms with van der Waals surface area (Å²) in [4.78, 5) is 4.79. The number of sulfone groups is 2. The van der Waals surface area contributed by atoms with Crippen molar-refractivity contribution in [2.24, 2.45) is 0 Å². The van der Waals surface area contributed by atoms with Gasteiger partial charge in [-0.15, -0.1) is 0 Å². The summed E-state index contributed by atoms with van der Waals surface area (Å²) in [7, 11) is -6.84. The van der Waals surface area contributed by atoms with Crippen molar-refractivity contribution in [1.82, 2.24) is 4.98 Å². The van der Waals surface area contributed by atoms with Crippen LogP contribution in [0.3, 0.4) is 0 Å². The summed E-state index contributed by atoms with van der Waals surface area (Å²) in [5.41, 5.74) is 5.14. The van der Waals surface area contributed by atoms with Crippen molar-refractivity contribution in [3.63, 3.8) is 0 Å². The second-order valence-corrected chi connectivity index (χ2v) is 16.3. The summed E-state index contributed by atoms with van der Waals surface area (Å²) in [6, 6.07) is 27.4. The first-order valence-corrected chi connectivity index (χ1v) is 17.8. The number of benzene rings is 4. The molecule has 6 nitrogen and oxygen atoms in total. The van der Waals surface area contributed by atoms with Crippen LogP contribution < -0.4 is 0 Å². The molecule has 0 bridgehead atoms. The van der Waals surface area contributed by atoms with E-state index in [1.807, 2.05) is 48.5 Å². The van der Waals surface area contributed by atoms with Crippen molar-refractivity contribution in [3.05, 3.63) is 131 Å². The van der Waals surface area contributed by atoms with Gasteiger partial charge in [0.25, 0.3) is 0 Å². The molecule has 2 atom stereocenters. The Morgan fingerprint density at radius 2 is 1.48 bits per heavy atom. The highest BCUT2D eigenvalue weighted by atomic mass is 32.2. The Morgan fingerprint density at radius 3 is 2.11 bits per heavy atom. The van der Waals surface area contributed by atoms with Gasteiger partial charge >= 0.3 is 0 Å². The number of hydrogen-bond acceptors (Lipinski definition) is 6. The topological polar surface area (TPSA) is 101 Å². The van der Waals surface area contributed by atoms with Gasteiger partial charge in [0.1, 0.15) is 5.82 Å². The third-order valence-electron chi connectivity index (χ3n) is 8.35. The quantitative estimate of drug-likeness (QED) is 0.192. The number of aliphatic hydroxyl groups is 1. The normalized spacial score (nSPS) is 14.0. The van der Waals surface area contributed by atoms with Crippen LogP contribution in [0.25, 0.3) is 22.0 Å². The van der Waals surface area contributed by atoms with E-state index in [4.69, 9.17) is 0 Å². The molecule has 228 valence electrons. The van der Waals surface area contributed by atoms with Crippen molar-refractivity contribution in [2.45, 2.75) is 41.9 Å². The van der Waals surface area contributed by atoms with Crippen LogP contribution in [-0.4, -0.2) is 39.4 Å². The number of fused-ring (bicyclic) bond motifs is 1. The third-order valence-corrected chi connectivity index (χ3v) is 11.6. The first-order valence-electron chi connectivity index (χ1n) is 14.1. The number of halogens is 1. The molecule has 2 unspecified atom stereocenters. The predicted octanol–water partition coefficient (Wildman–Crippen LogP) is 6.78. The van der Waals surface area contributed by atoms with Gasteiger partial charge < -0.3 is 5.11 Å². The van der Waals surface area contributed by atoms with E-state index >= 15 is 0 Å². The van der Waals surface area contributed by atoms with E-state index in [0.29, 0.717) is 17.5 Å². The molecule has 0 saturated heterocycles. The fraction of sp³-hybridized carbons (Fsp3) is 0.229. The number of aromatic nitrogens is 1. The number of hydrogen-bond donors (Lipinski definition) is 1. The lowest BCUT2D eigenvalue weighted by Gasteiger charge is -2.25. The van der Waals surface area contributed by atoms with Crippen molar-refractivity contribution in [2.75, 3.05) is 12.5 Å². The molecule has 0 saturated carbocycles. The van der Waals surface area contributed by atoms with Gasteiger partial charge in [0.15, 0.2) is 19.7 Å². The maximum Gasteiger partial charge on any atom is 0.175 e. The van der Waals surface area contributed by atoms with Gasteiger partial charge in [-0.3, -0.25) is 4.98 Å². The average Bonchev–Trinajstić information content (AvgIpc) is 2.98. The van der Waals surface area contributed by atoms with Gasteiger partial charge in [0.2, 0.25) is 0 Å². The highest BCUT2D eigenvalue weighted by Crippen LogP contribution is 2.38. The zero-order valence-corrected chi connectivity index (χ0v) is 26.5. The van der Waals surface area contributed by atoms with E-state index in [2.05, 4.69) is 4.98 Å². The van der Waals surface area contributed by atoms with Gasteiger partial charge in [0.05, 0.1) is 21.3 Å². The highest BCUT2D eigenvalue weighted by molar-refractivity contribution is 7.91. The van der Waals surface area contributed by atoms with Gasteiger partial charge in [-0.05, 0) is 90.6 Å². The SMILES string of the molecule is CC(C)(c1cc(-c2cccc(CC(c3ccc(S(C)(=O)=O)cc3)C(O)c3ccc(F)cc3)c2)c2ncccc2c1)S(C)(=O)=O. The summed E-state index contributed by atoms with van der Waals surface area (Å²) in [5.74, 6) is -0.903. The summed E-state index contributed by atoms with van der Waals surface area (Å²) < 4.78 is 62.2. The van der Waals surface area contributed by atoms with Crippen LogP contribution in [0.1, 0.15) is 48.1 Å². The Hall–Kier alpha value is -3.92. The molecule has 1 aromatic heterocycles. The number of pyridine rings is 1. The molecule has 1 N–H and O–H groups in total. The highest BCUT2D eigenvalue weighted by Gasteiger charge is 2.33. The van der Waals surface area contributed by atoms with E-state index < -0.39 is 42.3 Å². The summed E-state index contributed by atoms with van der Waals surface area (Å²) in [5, 5.41) is 12.4. The Balaban J connectivity index is 1.60. The molecule has 0 radical (unpaired) electrons. The first-order chi connectivity index (χ1) is 20.6. The Bertz CT molecular complexity index is 2040. The number of nitrogens with zero attached hydrogens (tertiary/aromatic N) is 1. The fourth-order valence-electron chi connectivity index (χ4n) is 5.36. The fourth-order valence-corrected chi connectivity index (χ4v) is 6.54. The minimum Gasteiger partial charge on any atom is -0.388 e. The molecule has 0 fully saturated rings. The van der Waals surface area contributed by atoms with Gasteiger partial charge in [0, 0.05) is 35.6 Å². The van der Waals surface area contributed by atoms with Crippen LogP contribution in [0.4, 0.5) is 4.39 Å². The Kier molecular flexibility index (Phi) is 8.50. The summed E-state index contributed by atoms with van der Waals surface area (Å²) in [6.07, 6.45) is 3.44. The summed E-state index contributed by atoms with van der Waals surface area (Å²) >= 11 is 0. The van der Waals surface area contributed by atoms with E-state index in [-0.39, 0.29) is 4.90 Å². The molecule has 5 rings (SSSR count). The zero-order valence-electron chi connectivity index (χ0n) is 24.9. The predicted molar refractivity (Wildman–Crippen MR) is 172 cm³/mol. The van der Waals surface area contributed by atoms with E-state index in [9.17, 15) is 26.3 Å². The molecule has 1 heterocycles. The summed E-state index contributed by atoms with van der Waals surface area (Å²) in [6.45, 7) is 3.38. The second-order valence-electron chi connectivity index (χ2n) is 11.7. The minimum atomic E-state index is -3.44. The van der Waals surface area contributed by atoms with Crippen molar-refractivity contribution in [3.8, 4) is 11.1 Å². The molecule has 0 aliphatic heterocycles. The molecule has 9 heteroatoms. The average molecular weight is 632 g/mol. The van der Waals surface area contributed by atoms with E-state index in [1.54, 1.807) is 44.3 Å². The standard InChI is InChI=1S/C35H34FNO5S2/c1-35(2,44(4,41)42)28-21-27-9-6-18-37-33(27)31(22-28)26-8-5-7-23(19-26)20-32(34(38)25-10-14-29(36)15-11-25)24-12-16-30(17-13-24)43(3,39)40/h5-19,21-22,32,34,38H,20H2,1-4H3.